The monoisotopic (exact) mass is 556 g/mol. The van der Waals surface area contributed by atoms with Crippen molar-refractivity contribution >= 4 is 29.5 Å². The van der Waals surface area contributed by atoms with Crippen LogP contribution in [0, 0.1) is 6.92 Å². The van der Waals surface area contributed by atoms with Crippen molar-refractivity contribution in [3.05, 3.63) is 53.6 Å². The Bertz CT molecular complexity index is 1230. The summed E-state index contributed by atoms with van der Waals surface area (Å²) in [6.07, 6.45) is -1.44. The highest BCUT2D eigenvalue weighted by Crippen LogP contribution is 2.33. The molecule has 2 aromatic rings. The molecule has 0 spiro atoms. The van der Waals surface area contributed by atoms with E-state index in [1.165, 1.54) is 24.1 Å². The molecule has 0 aliphatic carbocycles. The van der Waals surface area contributed by atoms with Crippen molar-refractivity contribution in [1.82, 2.24) is 10.2 Å². The fourth-order valence-corrected chi connectivity index (χ4v) is 4.02. The highest BCUT2D eigenvalue weighted by atomic mass is 16.6. The maximum absolute atomic E-state index is 14.1. The molecule has 0 aromatic heterocycles. The number of carbonyl (C=O) groups excluding carboxylic acids is 4. The van der Waals surface area contributed by atoms with Crippen molar-refractivity contribution in [1.29, 1.82) is 0 Å². The van der Waals surface area contributed by atoms with E-state index in [4.69, 9.17) is 15.2 Å². The first-order valence-electron chi connectivity index (χ1n) is 12.8. The fraction of sp³-hybridized carbons (Fsp3) is 0.448. The number of anilines is 1. The Labute approximate surface area is 235 Å². The first-order valence-corrected chi connectivity index (χ1v) is 12.8. The highest BCUT2D eigenvalue weighted by molar-refractivity contribution is 6.00. The number of methoxy groups -OCH3 is 1. The Hall–Kier alpha value is -4.28. The number of amides is 4. The Morgan fingerprint density at radius 3 is 2.08 bits per heavy atom. The Balaban J connectivity index is 2.62. The molecule has 5 N–H and O–H groups in total. The quantitative estimate of drug-likeness (QED) is 0.365. The molecule has 11 nitrogen and oxygen atoms in total. The van der Waals surface area contributed by atoms with Crippen molar-refractivity contribution in [2.75, 3.05) is 12.4 Å². The van der Waals surface area contributed by atoms with Gasteiger partial charge in [-0.15, -0.1) is 0 Å². The number of phenols is 1. The smallest absolute Gasteiger partial charge is 0.408 e. The number of hydrogen-bond acceptors (Lipinski definition) is 7. The molecule has 0 radical (unpaired) electrons. The lowest BCUT2D eigenvalue weighted by molar-refractivity contribution is -0.147. The van der Waals surface area contributed by atoms with Crippen LogP contribution in [0.1, 0.15) is 65.1 Å². The van der Waals surface area contributed by atoms with Gasteiger partial charge in [0, 0.05) is 11.2 Å². The number of aromatic hydroxyl groups is 1. The van der Waals surface area contributed by atoms with Crippen LogP contribution in [0.25, 0.3) is 0 Å². The van der Waals surface area contributed by atoms with Crippen molar-refractivity contribution in [3.63, 3.8) is 0 Å². The summed E-state index contributed by atoms with van der Waals surface area (Å²) >= 11 is 0. The minimum Gasteiger partial charge on any atom is -0.508 e. The first kappa shape index (κ1) is 31.9. The summed E-state index contributed by atoms with van der Waals surface area (Å²) in [5.74, 6) is -1.50. The van der Waals surface area contributed by atoms with Crippen molar-refractivity contribution < 1.29 is 33.8 Å². The van der Waals surface area contributed by atoms with Crippen LogP contribution in [0.5, 0.6) is 11.5 Å². The fourth-order valence-electron chi connectivity index (χ4n) is 4.02. The average molecular weight is 557 g/mol. The van der Waals surface area contributed by atoms with Crippen LogP contribution in [-0.2, 0) is 19.1 Å². The van der Waals surface area contributed by atoms with Gasteiger partial charge in [-0.3, -0.25) is 14.4 Å². The van der Waals surface area contributed by atoms with Gasteiger partial charge in [0.25, 0.3) is 5.91 Å². The van der Waals surface area contributed by atoms with Gasteiger partial charge in [-0.2, -0.15) is 0 Å². The van der Waals surface area contributed by atoms with E-state index < -0.39 is 53.5 Å². The number of aryl methyl sites for hydroxylation is 1. The standard InChI is InChI=1S/C29H40N4O7/c1-17-15-18(9-14-22(17)34)24(25(36)31-19-10-12-20(39-8)13-11-19)33(28(2,3)4)26(37)21(16-23(30)35)32-27(38)40-29(5,6)7/h9-15,21,24,34H,16H2,1-8H3,(H2,30,35)(H,31,36)(H,32,38). The van der Waals surface area contributed by atoms with Crippen LogP contribution >= 0.6 is 0 Å². The first-order chi connectivity index (χ1) is 18.4. The molecular weight excluding hydrogens is 516 g/mol. The third kappa shape index (κ3) is 8.89. The van der Waals surface area contributed by atoms with E-state index in [1.54, 1.807) is 78.8 Å². The number of benzene rings is 2. The van der Waals surface area contributed by atoms with E-state index in [0.717, 1.165) is 0 Å². The molecule has 2 rings (SSSR count). The van der Waals surface area contributed by atoms with Crippen LogP contribution < -0.4 is 21.1 Å². The van der Waals surface area contributed by atoms with E-state index in [0.29, 0.717) is 22.6 Å². The topological polar surface area (TPSA) is 160 Å². The number of alkyl carbamates (subject to hydrolysis) is 1. The average Bonchev–Trinajstić information content (AvgIpc) is 2.81. The SMILES string of the molecule is COc1ccc(NC(=O)C(c2ccc(O)c(C)c2)N(C(=O)C(CC(N)=O)NC(=O)OC(C)(C)C)C(C)(C)C)cc1. The summed E-state index contributed by atoms with van der Waals surface area (Å²) in [4.78, 5) is 53.9. The lowest BCUT2D eigenvalue weighted by Gasteiger charge is -2.43. The van der Waals surface area contributed by atoms with Crippen molar-refractivity contribution in [3.8, 4) is 11.5 Å². The number of nitrogens with two attached hydrogens (primary N) is 1. The molecule has 0 aliphatic heterocycles. The zero-order chi connectivity index (χ0) is 30.4. The normalized spacial score (nSPS) is 13.0. The molecule has 218 valence electrons. The maximum atomic E-state index is 14.1. The predicted molar refractivity (Wildman–Crippen MR) is 151 cm³/mol. The largest absolute Gasteiger partial charge is 0.508 e. The zero-order valence-corrected chi connectivity index (χ0v) is 24.3. The molecule has 2 aromatic carbocycles. The summed E-state index contributed by atoms with van der Waals surface area (Å²) in [6.45, 7) is 11.8. The number of ether oxygens (including phenoxy) is 2. The summed E-state index contributed by atoms with van der Waals surface area (Å²) in [6, 6.07) is 8.58. The van der Waals surface area contributed by atoms with Crippen LogP contribution in [0.2, 0.25) is 0 Å². The summed E-state index contributed by atoms with van der Waals surface area (Å²) < 4.78 is 10.5. The van der Waals surface area contributed by atoms with E-state index in [-0.39, 0.29) is 5.75 Å². The van der Waals surface area contributed by atoms with Gasteiger partial charge >= 0.3 is 6.09 Å². The molecule has 2 unspecified atom stereocenters. The zero-order valence-electron chi connectivity index (χ0n) is 24.3. The number of phenolic OH excluding ortho intramolecular Hbond substituents is 1. The number of carbonyl (C=O) groups is 4. The second-order valence-electron chi connectivity index (χ2n) is 11.4. The number of nitrogens with zero attached hydrogens (tertiary/aromatic N) is 1. The summed E-state index contributed by atoms with van der Waals surface area (Å²) in [5, 5.41) is 15.4. The molecule has 0 saturated heterocycles. The summed E-state index contributed by atoms with van der Waals surface area (Å²) in [7, 11) is 1.53. The van der Waals surface area contributed by atoms with Crippen LogP contribution in [0.4, 0.5) is 10.5 Å². The molecule has 0 aliphatic rings. The van der Waals surface area contributed by atoms with Crippen molar-refractivity contribution in [2.24, 2.45) is 5.73 Å². The second kappa shape index (κ2) is 12.7. The van der Waals surface area contributed by atoms with Gasteiger partial charge < -0.3 is 35.8 Å². The van der Waals surface area contributed by atoms with Gasteiger partial charge in [0.15, 0.2) is 0 Å². The second-order valence-corrected chi connectivity index (χ2v) is 11.4. The lowest BCUT2D eigenvalue weighted by Crippen LogP contribution is -2.58. The molecule has 0 heterocycles. The van der Waals surface area contributed by atoms with E-state index in [2.05, 4.69) is 10.6 Å². The number of nitrogens with one attached hydrogen (secondary N) is 2. The minimum absolute atomic E-state index is 0.0184. The van der Waals surface area contributed by atoms with Crippen LogP contribution in [0.3, 0.4) is 0 Å². The van der Waals surface area contributed by atoms with Crippen LogP contribution in [0.15, 0.2) is 42.5 Å². The third-order valence-corrected chi connectivity index (χ3v) is 5.76. The molecule has 40 heavy (non-hydrogen) atoms. The minimum atomic E-state index is -1.42. The number of hydrogen-bond donors (Lipinski definition) is 4. The Morgan fingerprint density at radius 1 is 1.00 bits per heavy atom. The van der Waals surface area contributed by atoms with Gasteiger partial charge in [-0.25, -0.2) is 4.79 Å². The molecule has 0 saturated carbocycles. The summed E-state index contributed by atoms with van der Waals surface area (Å²) in [5.41, 5.74) is 4.92. The molecule has 4 amide bonds. The molecule has 0 bridgehead atoms. The van der Waals surface area contributed by atoms with Crippen LogP contribution in [-0.4, -0.2) is 58.1 Å². The number of primary amides is 1. The van der Waals surface area contributed by atoms with Gasteiger partial charge in [0.05, 0.1) is 13.5 Å². The van der Waals surface area contributed by atoms with E-state index in [1.807, 2.05) is 0 Å². The van der Waals surface area contributed by atoms with Gasteiger partial charge in [0.1, 0.15) is 29.2 Å². The lowest BCUT2D eigenvalue weighted by atomic mass is 9.94. The molecular formula is C29H40N4O7. The molecule has 2 atom stereocenters. The number of rotatable bonds is 9. The Morgan fingerprint density at radius 2 is 1.60 bits per heavy atom. The van der Waals surface area contributed by atoms with E-state index >= 15 is 0 Å². The van der Waals surface area contributed by atoms with Crippen molar-refractivity contribution in [2.45, 2.75) is 78.1 Å². The third-order valence-electron chi connectivity index (χ3n) is 5.76. The van der Waals surface area contributed by atoms with E-state index in [9.17, 15) is 24.3 Å². The van der Waals surface area contributed by atoms with Gasteiger partial charge in [-0.05, 0) is 96.0 Å². The predicted octanol–water partition coefficient (Wildman–Crippen LogP) is 3.78. The van der Waals surface area contributed by atoms with Gasteiger partial charge in [0.2, 0.25) is 11.8 Å². The highest BCUT2D eigenvalue weighted by Gasteiger charge is 2.42. The molecule has 0 fully saturated rings. The maximum Gasteiger partial charge on any atom is 0.408 e. The van der Waals surface area contributed by atoms with Gasteiger partial charge in [-0.1, -0.05) is 6.07 Å². The molecule has 11 heteroatoms. The Kier molecular flexibility index (Phi) is 10.2.